The molecule has 0 spiro atoms. The lowest BCUT2D eigenvalue weighted by atomic mass is 9.50. The number of hydrogen-bond donors (Lipinski definition) is 12. The Bertz CT molecular complexity index is 1200. The number of likely N-dealkylation sites (tertiary alicyclic amines) is 1. The van der Waals surface area contributed by atoms with Crippen molar-refractivity contribution in [3.8, 4) is 0 Å². The molecule has 2 saturated heterocycles. The number of carbonyl (C=O) groups excluding carboxylic acids is 2. The molecule has 6 radical (unpaired) electrons. The summed E-state index contributed by atoms with van der Waals surface area (Å²) in [4.78, 5) is 21.5. The summed E-state index contributed by atoms with van der Waals surface area (Å²) < 4.78 is 10.8. The van der Waals surface area contributed by atoms with Crippen molar-refractivity contribution >= 4 is 58.7 Å². The molecule has 3 atom stereocenters. The second kappa shape index (κ2) is 9.50. The molecular formula is C19H22B3ClFN3O12S. The van der Waals surface area contributed by atoms with E-state index in [4.69, 9.17) is 35.1 Å². The molecule has 15 nitrogen and oxygen atoms in total. The molecule has 3 rings (SSSR count). The van der Waals surface area contributed by atoms with Crippen LogP contribution in [0.4, 0.5) is 4.39 Å². The van der Waals surface area contributed by atoms with E-state index in [9.17, 15) is 65.0 Å². The minimum absolute atomic E-state index is 0.0717. The molecule has 0 bridgehead atoms. The number of piperidine rings is 1. The van der Waals surface area contributed by atoms with Gasteiger partial charge in [0.1, 0.15) is 31.9 Å². The number of rotatable bonds is 8. The molecule has 2 amide bonds. The third kappa shape index (κ3) is 4.64. The van der Waals surface area contributed by atoms with E-state index in [1.807, 2.05) is 5.32 Å². The third-order valence-electron chi connectivity index (χ3n) is 6.92. The smallest absolute Gasteiger partial charge is 0.288 e. The normalized spacial score (nSPS) is 28.6. The first kappa shape index (κ1) is 33.0. The number of nitrogens with zero attached hydrogens (tertiary/aromatic N) is 1. The highest BCUT2D eigenvalue weighted by Gasteiger charge is 2.95. The minimum atomic E-state index is -4.23. The highest BCUT2D eigenvalue weighted by Crippen LogP contribution is 2.75. The van der Waals surface area contributed by atoms with Crippen molar-refractivity contribution < 1.29 is 65.0 Å². The van der Waals surface area contributed by atoms with Gasteiger partial charge in [0, 0.05) is 22.5 Å². The van der Waals surface area contributed by atoms with Crippen molar-refractivity contribution in [2.75, 3.05) is 13.1 Å². The van der Waals surface area contributed by atoms with Gasteiger partial charge in [0.2, 0.25) is 10.8 Å². The van der Waals surface area contributed by atoms with E-state index >= 15 is 0 Å². The Morgan fingerprint density at radius 3 is 2.05 bits per heavy atom. The Morgan fingerprint density at radius 1 is 1.02 bits per heavy atom. The molecule has 12 N–H and O–H groups in total. The number of carbonyl (C=O) groups is 2. The molecule has 2 heterocycles. The standard InChI is InChI=1S/C19H22B3ClFN3O12S/c1-12(16(20,21)33,17(22,34)35)26-10(28)5-27-18(36,37)14(30,31)13(15(32,40-13)19(27,38)39)6-25-11(29)7-2-8(23)4-9(24)3-7/h2-4,30-39H,5-6H2,1H3,(H,25,29)(H,26,28). The van der Waals surface area contributed by atoms with E-state index in [2.05, 4.69) is 0 Å². The summed E-state index contributed by atoms with van der Waals surface area (Å²) >= 11 is 5.62. The summed E-state index contributed by atoms with van der Waals surface area (Å²) in [5.74, 6) is -15.8. The van der Waals surface area contributed by atoms with Crippen molar-refractivity contribution in [3.05, 3.63) is 34.6 Å². The van der Waals surface area contributed by atoms with Gasteiger partial charge in [0.15, 0.2) is 7.85 Å². The fourth-order valence-corrected chi connectivity index (χ4v) is 5.87. The molecule has 2 fully saturated rings. The highest BCUT2D eigenvalue weighted by atomic mass is 35.5. The molecule has 3 unspecified atom stereocenters. The summed E-state index contributed by atoms with van der Waals surface area (Å²) in [7, 11) is 15.6. The maximum atomic E-state index is 13.6. The zero-order valence-corrected chi connectivity index (χ0v) is 21.9. The average Bonchev–Trinajstić information content (AvgIpc) is 3.41. The fourth-order valence-electron chi connectivity index (χ4n) is 4.17. The fraction of sp³-hybridized carbons (Fsp3) is 0.579. The van der Waals surface area contributed by atoms with Gasteiger partial charge < -0.3 is 61.7 Å². The van der Waals surface area contributed by atoms with Crippen LogP contribution >= 0.6 is 23.4 Å². The Morgan fingerprint density at radius 2 is 1.57 bits per heavy atom. The van der Waals surface area contributed by atoms with Crippen LogP contribution in [-0.2, 0) is 4.79 Å². The molecule has 0 saturated carbocycles. The maximum absolute atomic E-state index is 13.6. The molecule has 1 aromatic carbocycles. The molecule has 0 aromatic heterocycles. The van der Waals surface area contributed by atoms with Crippen molar-refractivity contribution in [1.82, 2.24) is 15.5 Å². The van der Waals surface area contributed by atoms with Gasteiger partial charge in [-0.25, -0.2) is 4.39 Å². The van der Waals surface area contributed by atoms with Crippen LogP contribution < -0.4 is 10.6 Å². The number of halogens is 2. The number of benzene rings is 1. The molecule has 21 heteroatoms. The SMILES string of the molecule is [B]C([B])(O)C(C)(NC(=O)CN1C(O)(O)C(O)(O)C2(CNC(=O)c3cc(F)cc(Cl)c3)SC2(O)C1(O)O)C([B])(O)O. The van der Waals surface area contributed by atoms with Crippen LogP contribution in [0, 0.1) is 5.82 Å². The summed E-state index contributed by atoms with van der Waals surface area (Å²) in [5.41, 5.74) is -6.87. The van der Waals surface area contributed by atoms with Gasteiger partial charge in [-0.1, -0.05) is 23.4 Å². The van der Waals surface area contributed by atoms with E-state index in [1.54, 1.807) is 5.32 Å². The van der Waals surface area contributed by atoms with E-state index in [-0.39, 0.29) is 22.3 Å². The largest absolute Gasteiger partial charge is 0.407 e. The van der Waals surface area contributed by atoms with Gasteiger partial charge in [0.05, 0.1) is 12.1 Å². The van der Waals surface area contributed by atoms with E-state index in [1.165, 1.54) is 0 Å². The Labute approximate surface area is 237 Å². The predicted molar refractivity (Wildman–Crippen MR) is 133 cm³/mol. The van der Waals surface area contributed by atoms with Crippen molar-refractivity contribution in [2.45, 2.75) is 50.8 Å². The van der Waals surface area contributed by atoms with E-state index in [0.717, 1.165) is 18.2 Å². The molecule has 214 valence electrons. The zero-order valence-electron chi connectivity index (χ0n) is 20.3. The molecule has 2 aliphatic rings. The predicted octanol–water partition coefficient (Wildman–Crippen LogP) is -6.68. The van der Waals surface area contributed by atoms with Crippen molar-refractivity contribution in [1.29, 1.82) is 0 Å². The lowest BCUT2D eigenvalue weighted by Crippen LogP contribution is -2.86. The summed E-state index contributed by atoms with van der Waals surface area (Å²) in [6.45, 7) is -2.20. The summed E-state index contributed by atoms with van der Waals surface area (Å²) in [5, 5.41) is 105. The number of nitrogens with one attached hydrogen (secondary N) is 2. The van der Waals surface area contributed by atoms with Gasteiger partial charge >= 0.3 is 0 Å². The van der Waals surface area contributed by atoms with Gasteiger partial charge in [0.25, 0.3) is 23.5 Å². The Kier molecular flexibility index (Phi) is 7.83. The van der Waals surface area contributed by atoms with Crippen molar-refractivity contribution in [2.24, 2.45) is 0 Å². The second-order valence-corrected chi connectivity index (χ2v) is 11.6. The lowest BCUT2D eigenvalue weighted by molar-refractivity contribution is -0.509. The Balaban J connectivity index is 1.92. The average molecular weight is 603 g/mol. The first-order valence-electron chi connectivity index (χ1n) is 10.9. The monoisotopic (exact) mass is 603 g/mol. The van der Waals surface area contributed by atoms with Gasteiger partial charge in [-0.15, -0.1) is 0 Å². The van der Waals surface area contributed by atoms with E-state index < -0.39 is 79.5 Å². The second-order valence-electron chi connectivity index (χ2n) is 9.67. The van der Waals surface area contributed by atoms with Gasteiger partial charge in [-0.05, 0) is 25.1 Å². The van der Waals surface area contributed by atoms with Crippen LogP contribution in [0.1, 0.15) is 17.3 Å². The quantitative estimate of drug-likeness (QED) is 0.0749. The zero-order chi connectivity index (χ0) is 31.1. The number of hydrogen-bond acceptors (Lipinski definition) is 14. The molecule has 0 aliphatic carbocycles. The minimum Gasteiger partial charge on any atom is -0.407 e. The van der Waals surface area contributed by atoms with Crippen LogP contribution in [0.2, 0.25) is 5.02 Å². The van der Waals surface area contributed by atoms with Crippen LogP contribution in [0.15, 0.2) is 18.2 Å². The number of aliphatic hydroxyl groups is 10. The number of fused-ring (bicyclic) bond motifs is 1. The van der Waals surface area contributed by atoms with Crippen LogP contribution in [-0.4, -0.2) is 148 Å². The third-order valence-corrected chi connectivity index (χ3v) is 8.92. The number of thioether (sulfide) groups is 1. The molecular weight excluding hydrogens is 581 g/mol. The van der Waals surface area contributed by atoms with Crippen LogP contribution in [0.3, 0.4) is 0 Å². The first-order chi connectivity index (χ1) is 17.7. The molecule has 2 aliphatic heterocycles. The first-order valence-corrected chi connectivity index (χ1v) is 12.0. The topological polar surface area (TPSA) is 264 Å². The van der Waals surface area contributed by atoms with Gasteiger partial charge in [-0.2, -0.15) is 4.90 Å². The summed E-state index contributed by atoms with van der Waals surface area (Å²) in [6.07, 6.45) is 0. The van der Waals surface area contributed by atoms with Crippen LogP contribution in [0.25, 0.3) is 0 Å². The number of amides is 2. The summed E-state index contributed by atoms with van der Waals surface area (Å²) in [6, 6.07) is 2.64. The highest BCUT2D eigenvalue weighted by molar-refractivity contribution is 8.09. The van der Waals surface area contributed by atoms with E-state index in [0.29, 0.717) is 6.92 Å². The maximum Gasteiger partial charge on any atom is 0.288 e. The molecule has 40 heavy (non-hydrogen) atoms. The van der Waals surface area contributed by atoms with Gasteiger partial charge in [-0.3, -0.25) is 9.59 Å². The lowest BCUT2D eigenvalue weighted by Gasteiger charge is -2.55. The van der Waals surface area contributed by atoms with Crippen LogP contribution in [0.5, 0.6) is 0 Å². The Hall–Kier alpha value is -1.52. The van der Waals surface area contributed by atoms with Crippen molar-refractivity contribution in [3.63, 3.8) is 0 Å². The molecule has 1 aromatic rings.